The number of nitrogens with zero attached hydrogens (tertiary/aromatic N) is 1. The van der Waals surface area contributed by atoms with E-state index in [1.54, 1.807) is 0 Å². The molecule has 3 nitrogen and oxygen atoms in total. The molecule has 18 heavy (non-hydrogen) atoms. The van der Waals surface area contributed by atoms with Crippen LogP contribution in [0.4, 0.5) is 0 Å². The molecule has 2 rings (SSSR count). The van der Waals surface area contributed by atoms with E-state index < -0.39 is 0 Å². The van der Waals surface area contributed by atoms with Gasteiger partial charge < -0.3 is 10.5 Å². The van der Waals surface area contributed by atoms with E-state index in [0.29, 0.717) is 17.6 Å². The topological polar surface area (TPSA) is 38.5 Å². The Morgan fingerprint density at radius 1 is 1.39 bits per heavy atom. The summed E-state index contributed by atoms with van der Waals surface area (Å²) < 4.78 is 5.73. The summed E-state index contributed by atoms with van der Waals surface area (Å²) in [6.07, 6.45) is 2.68. The molecule has 2 N–H and O–H groups in total. The zero-order valence-corrected chi connectivity index (χ0v) is 13.1. The highest BCUT2D eigenvalue weighted by Crippen LogP contribution is 2.43. The van der Waals surface area contributed by atoms with Gasteiger partial charge in [-0.1, -0.05) is 13.8 Å². The first-order chi connectivity index (χ1) is 8.40. The van der Waals surface area contributed by atoms with Crippen molar-refractivity contribution >= 4 is 11.8 Å². The maximum atomic E-state index is 6.18. The second kappa shape index (κ2) is 5.31. The molecule has 2 fully saturated rings. The van der Waals surface area contributed by atoms with Crippen molar-refractivity contribution in [2.75, 3.05) is 31.7 Å². The van der Waals surface area contributed by atoms with Crippen LogP contribution in [-0.4, -0.2) is 54.3 Å². The summed E-state index contributed by atoms with van der Waals surface area (Å²) >= 11 is 2.06. The molecular weight excluding hydrogens is 244 g/mol. The molecule has 0 aromatic carbocycles. The van der Waals surface area contributed by atoms with Crippen molar-refractivity contribution in [1.29, 1.82) is 0 Å². The van der Waals surface area contributed by atoms with Gasteiger partial charge in [0.1, 0.15) is 0 Å². The highest BCUT2D eigenvalue weighted by atomic mass is 32.2. The van der Waals surface area contributed by atoms with Gasteiger partial charge in [-0.2, -0.15) is 11.8 Å². The van der Waals surface area contributed by atoms with Gasteiger partial charge in [0.2, 0.25) is 0 Å². The molecule has 106 valence electrons. The predicted molar refractivity (Wildman–Crippen MR) is 79.1 cm³/mol. The molecule has 0 radical (unpaired) electrons. The van der Waals surface area contributed by atoms with Crippen LogP contribution in [0.25, 0.3) is 0 Å². The van der Waals surface area contributed by atoms with Gasteiger partial charge in [-0.3, -0.25) is 4.90 Å². The molecule has 2 heterocycles. The smallest absolute Gasteiger partial charge is 0.0703 e. The first-order valence-electron chi connectivity index (χ1n) is 7.03. The quantitative estimate of drug-likeness (QED) is 0.852. The Hall–Kier alpha value is 0.230. The molecule has 0 bridgehead atoms. The van der Waals surface area contributed by atoms with Crippen molar-refractivity contribution in [3.05, 3.63) is 0 Å². The van der Waals surface area contributed by atoms with Crippen molar-refractivity contribution in [3.63, 3.8) is 0 Å². The van der Waals surface area contributed by atoms with Gasteiger partial charge in [-0.05, 0) is 38.0 Å². The Morgan fingerprint density at radius 3 is 2.61 bits per heavy atom. The molecule has 2 saturated heterocycles. The lowest BCUT2D eigenvalue weighted by atomic mass is 9.78. The number of nitrogens with two attached hydrogens (primary N) is 1. The molecule has 4 heteroatoms. The summed E-state index contributed by atoms with van der Waals surface area (Å²) in [5, 5.41) is 0. The summed E-state index contributed by atoms with van der Waals surface area (Å²) in [4.78, 5) is 2.54. The Bertz CT molecular complexity index is 298. The highest BCUT2D eigenvalue weighted by Gasteiger charge is 2.46. The molecule has 0 aromatic rings. The molecule has 3 unspecified atom stereocenters. The standard InChI is InChI=1S/C14H28N2OS/c1-11-12(5-6-17-11)16(4)14(8-15)7-13(2,3)9-18-10-14/h11-12H,5-10,15H2,1-4H3. The fourth-order valence-electron chi connectivity index (χ4n) is 3.59. The fraction of sp³-hybridized carbons (Fsp3) is 1.00. The third-order valence-electron chi connectivity index (χ3n) is 4.63. The van der Waals surface area contributed by atoms with Crippen LogP contribution in [0.1, 0.15) is 33.6 Å². The number of hydrogen-bond acceptors (Lipinski definition) is 4. The van der Waals surface area contributed by atoms with Gasteiger partial charge in [-0.15, -0.1) is 0 Å². The SMILES string of the molecule is CC1OCCC1N(C)C1(CN)CSCC(C)(C)C1. The van der Waals surface area contributed by atoms with Gasteiger partial charge in [0.25, 0.3) is 0 Å². The third-order valence-corrected chi connectivity index (χ3v) is 6.36. The average Bonchev–Trinajstić information content (AvgIpc) is 2.73. The van der Waals surface area contributed by atoms with Crippen LogP contribution in [0.5, 0.6) is 0 Å². The highest BCUT2D eigenvalue weighted by molar-refractivity contribution is 7.99. The minimum absolute atomic E-state index is 0.152. The van der Waals surface area contributed by atoms with E-state index in [4.69, 9.17) is 10.5 Å². The van der Waals surface area contributed by atoms with E-state index in [1.165, 1.54) is 12.2 Å². The predicted octanol–water partition coefficient (Wildman–Crippen LogP) is 1.96. The second-order valence-corrected chi connectivity index (χ2v) is 7.79. The monoisotopic (exact) mass is 272 g/mol. The summed E-state index contributed by atoms with van der Waals surface area (Å²) in [6, 6.07) is 0.531. The molecule has 0 amide bonds. The normalized spacial score (nSPS) is 40.3. The lowest BCUT2D eigenvalue weighted by Crippen LogP contribution is -2.62. The van der Waals surface area contributed by atoms with Crippen molar-refractivity contribution < 1.29 is 4.74 Å². The van der Waals surface area contributed by atoms with Crippen LogP contribution in [0.3, 0.4) is 0 Å². The largest absolute Gasteiger partial charge is 0.377 e. The van der Waals surface area contributed by atoms with E-state index in [1.807, 2.05) is 0 Å². The molecule has 0 aromatic heterocycles. The van der Waals surface area contributed by atoms with E-state index in [9.17, 15) is 0 Å². The zero-order valence-electron chi connectivity index (χ0n) is 12.2. The number of thioether (sulfide) groups is 1. The van der Waals surface area contributed by atoms with Gasteiger partial charge >= 0.3 is 0 Å². The Kier molecular flexibility index (Phi) is 4.32. The second-order valence-electron chi connectivity index (χ2n) is 6.81. The molecule has 3 atom stereocenters. The Labute approximate surface area is 116 Å². The van der Waals surface area contributed by atoms with Crippen LogP contribution in [0.2, 0.25) is 0 Å². The average molecular weight is 272 g/mol. The van der Waals surface area contributed by atoms with Gasteiger partial charge in [0.05, 0.1) is 6.10 Å². The lowest BCUT2D eigenvalue weighted by molar-refractivity contribution is 0.0176. The molecule has 2 aliphatic rings. The number of hydrogen-bond donors (Lipinski definition) is 1. The first-order valence-corrected chi connectivity index (χ1v) is 8.18. The molecule has 2 aliphatic heterocycles. The summed E-state index contributed by atoms with van der Waals surface area (Å²) in [5.74, 6) is 2.41. The summed E-state index contributed by atoms with van der Waals surface area (Å²) in [5.41, 5.74) is 6.72. The van der Waals surface area contributed by atoms with Crippen LogP contribution in [0, 0.1) is 5.41 Å². The van der Waals surface area contributed by atoms with Crippen molar-refractivity contribution in [2.45, 2.75) is 51.3 Å². The summed E-state index contributed by atoms with van der Waals surface area (Å²) in [6.45, 7) is 8.58. The zero-order chi connectivity index (χ0) is 13.4. The molecule has 0 aliphatic carbocycles. The van der Waals surface area contributed by atoms with Crippen LogP contribution in [-0.2, 0) is 4.74 Å². The van der Waals surface area contributed by atoms with Crippen LogP contribution >= 0.6 is 11.8 Å². The molecule has 0 saturated carbocycles. The van der Waals surface area contributed by atoms with Gasteiger partial charge in [0.15, 0.2) is 0 Å². The maximum Gasteiger partial charge on any atom is 0.0703 e. The summed E-state index contributed by atoms with van der Waals surface area (Å²) in [7, 11) is 2.25. The van der Waals surface area contributed by atoms with Crippen molar-refractivity contribution in [2.24, 2.45) is 11.1 Å². The van der Waals surface area contributed by atoms with E-state index in [0.717, 1.165) is 25.3 Å². The Balaban J connectivity index is 2.15. The van der Waals surface area contributed by atoms with Gasteiger partial charge in [0, 0.05) is 30.5 Å². The van der Waals surface area contributed by atoms with Crippen LogP contribution in [0.15, 0.2) is 0 Å². The van der Waals surface area contributed by atoms with Gasteiger partial charge in [-0.25, -0.2) is 0 Å². The number of likely N-dealkylation sites (N-methyl/N-ethyl adjacent to an activating group) is 1. The molecular formula is C14H28N2OS. The number of rotatable bonds is 3. The minimum Gasteiger partial charge on any atom is -0.377 e. The Morgan fingerprint density at radius 2 is 2.11 bits per heavy atom. The molecule has 0 spiro atoms. The number of ether oxygens (including phenoxy) is 1. The lowest BCUT2D eigenvalue weighted by Gasteiger charge is -2.51. The minimum atomic E-state index is 0.152. The van der Waals surface area contributed by atoms with E-state index >= 15 is 0 Å². The maximum absolute atomic E-state index is 6.18. The first kappa shape index (κ1) is 14.6. The van der Waals surface area contributed by atoms with Crippen LogP contribution < -0.4 is 5.73 Å². The van der Waals surface area contributed by atoms with Crippen molar-refractivity contribution in [3.8, 4) is 0 Å². The third kappa shape index (κ3) is 2.72. The van der Waals surface area contributed by atoms with E-state index in [2.05, 4.69) is 44.5 Å². The fourth-order valence-corrected chi connectivity index (χ4v) is 5.15. The van der Waals surface area contributed by atoms with E-state index in [-0.39, 0.29) is 5.54 Å². The van der Waals surface area contributed by atoms with Crippen molar-refractivity contribution in [1.82, 2.24) is 4.90 Å².